The summed E-state index contributed by atoms with van der Waals surface area (Å²) in [4.78, 5) is 24.1. The molecule has 0 bridgehead atoms. The minimum Gasteiger partial charge on any atom is -0.481 e. The van der Waals surface area contributed by atoms with Gasteiger partial charge in [-0.1, -0.05) is 77.4 Å². The summed E-state index contributed by atoms with van der Waals surface area (Å²) < 4.78 is 10.6. The molecule has 2 atom stereocenters. The monoisotopic (exact) mass is 516 g/mol. The van der Waals surface area contributed by atoms with E-state index in [9.17, 15) is 14.7 Å². The summed E-state index contributed by atoms with van der Waals surface area (Å²) in [6.45, 7) is 1.75. The largest absolute Gasteiger partial charge is 0.481 e. The van der Waals surface area contributed by atoms with Gasteiger partial charge in [-0.15, -0.1) is 0 Å². The van der Waals surface area contributed by atoms with Crippen LogP contribution in [0.3, 0.4) is 0 Å². The van der Waals surface area contributed by atoms with E-state index in [1.54, 1.807) is 19.1 Å². The SMILES string of the molecule is CC(OC(=O)Nc1conc1-c1ccc(-c2ccc3c(c2)CCCC3C(=O)O)cc1)c1ccccc1Cl. The van der Waals surface area contributed by atoms with Crippen LogP contribution in [0.5, 0.6) is 0 Å². The number of nitrogens with zero attached hydrogens (tertiary/aromatic N) is 1. The highest BCUT2D eigenvalue weighted by atomic mass is 35.5. The number of amides is 1. The summed E-state index contributed by atoms with van der Waals surface area (Å²) in [6.07, 6.45) is 2.59. The summed E-state index contributed by atoms with van der Waals surface area (Å²) in [6, 6.07) is 20.9. The number of ether oxygens (including phenoxy) is 1. The lowest BCUT2D eigenvalue weighted by Crippen LogP contribution is -2.17. The number of rotatable bonds is 6. The zero-order valence-electron chi connectivity index (χ0n) is 20.1. The number of aromatic nitrogens is 1. The number of nitrogens with one attached hydrogen (secondary N) is 1. The second kappa shape index (κ2) is 10.5. The molecule has 188 valence electrons. The lowest BCUT2D eigenvalue weighted by molar-refractivity contribution is -0.139. The number of hydrogen-bond acceptors (Lipinski definition) is 5. The molecule has 1 heterocycles. The smallest absolute Gasteiger partial charge is 0.412 e. The number of carbonyl (C=O) groups excluding carboxylic acids is 1. The van der Waals surface area contributed by atoms with E-state index in [1.165, 1.54) is 6.26 Å². The van der Waals surface area contributed by atoms with Crippen LogP contribution in [0.25, 0.3) is 22.4 Å². The number of halogens is 1. The topological polar surface area (TPSA) is 102 Å². The van der Waals surface area contributed by atoms with Crippen LogP contribution >= 0.6 is 11.6 Å². The molecule has 0 radical (unpaired) electrons. The molecule has 7 nitrogen and oxygen atoms in total. The molecule has 0 fully saturated rings. The number of anilines is 1. The van der Waals surface area contributed by atoms with Crippen LogP contribution in [-0.2, 0) is 16.0 Å². The van der Waals surface area contributed by atoms with E-state index in [0.29, 0.717) is 28.4 Å². The van der Waals surface area contributed by atoms with Crippen LogP contribution in [0.4, 0.5) is 10.5 Å². The lowest BCUT2D eigenvalue weighted by Gasteiger charge is -2.23. The van der Waals surface area contributed by atoms with Gasteiger partial charge in [0.05, 0.1) is 5.92 Å². The highest BCUT2D eigenvalue weighted by molar-refractivity contribution is 6.31. The number of benzene rings is 3. The van der Waals surface area contributed by atoms with E-state index in [1.807, 2.05) is 48.5 Å². The zero-order valence-corrected chi connectivity index (χ0v) is 20.9. The predicted molar refractivity (Wildman–Crippen MR) is 141 cm³/mol. The number of fused-ring (bicyclic) bond motifs is 1. The van der Waals surface area contributed by atoms with Gasteiger partial charge in [0.15, 0.2) is 0 Å². The Morgan fingerprint density at radius 2 is 1.81 bits per heavy atom. The number of hydrogen-bond donors (Lipinski definition) is 2. The summed E-state index contributed by atoms with van der Waals surface area (Å²) in [5.41, 5.74) is 6.35. The van der Waals surface area contributed by atoms with Crippen LogP contribution in [0.15, 0.2) is 77.5 Å². The zero-order chi connectivity index (χ0) is 25.9. The molecule has 4 aromatic rings. The first kappa shape index (κ1) is 24.6. The fraction of sp³-hybridized carbons (Fsp3) is 0.207. The molecule has 1 aliphatic carbocycles. The molecule has 3 aromatic carbocycles. The van der Waals surface area contributed by atoms with Crippen molar-refractivity contribution in [2.45, 2.75) is 38.2 Å². The standard InChI is InChI=1S/C29H25ClN2O5/c1-17(22-6-2-3-8-25(22)30)37-29(35)31-26-16-36-32-27(26)19-11-9-18(10-12-19)20-13-14-23-21(15-20)5-4-7-24(23)28(33)34/h2-3,6,8-17,24H,4-5,7H2,1H3,(H,31,35)(H,33,34). The van der Waals surface area contributed by atoms with Crippen molar-refractivity contribution in [3.8, 4) is 22.4 Å². The van der Waals surface area contributed by atoms with E-state index >= 15 is 0 Å². The molecule has 1 amide bonds. The van der Waals surface area contributed by atoms with Gasteiger partial charge in [-0.3, -0.25) is 10.1 Å². The second-order valence-electron chi connectivity index (χ2n) is 9.04. The maximum absolute atomic E-state index is 12.5. The fourth-order valence-electron chi connectivity index (χ4n) is 4.77. The average molecular weight is 517 g/mol. The van der Waals surface area contributed by atoms with Crippen LogP contribution in [0.1, 0.15) is 48.5 Å². The van der Waals surface area contributed by atoms with Crippen molar-refractivity contribution in [2.75, 3.05) is 5.32 Å². The van der Waals surface area contributed by atoms with Crippen molar-refractivity contribution < 1.29 is 24.0 Å². The van der Waals surface area contributed by atoms with Gasteiger partial charge in [-0.25, -0.2) is 4.79 Å². The summed E-state index contributed by atoms with van der Waals surface area (Å²) >= 11 is 6.20. The fourth-order valence-corrected chi connectivity index (χ4v) is 5.06. The van der Waals surface area contributed by atoms with Crippen molar-refractivity contribution >= 4 is 29.4 Å². The molecule has 1 aromatic heterocycles. The molecule has 0 spiro atoms. The van der Waals surface area contributed by atoms with Gasteiger partial charge in [-0.05, 0) is 54.5 Å². The quantitative estimate of drug-likeness (QED) is 0.275. The lowest BCUT2D eigenvalue weighted by atomic mass is 9.81. The Morgan fingerprint density at radius 3 is 2.57 bits per heavy atom. The van der Waals surface area contributed by atoms with Gasteiger partial charge in [0.2, 0.25) is 0 Å². The number of carboxylic acids is 1. The van der Waals surface area contributed by atoms with Crippen molar-refractivity contribution in [2.24, 2.45) is 0 Å². The summed E-state index contributed by atoms with van der Waals surface area (Å²) in [7, 11) is 0. The number of carbonyl (C=O) groups is 2. The van der Waals surface area contributed by atoms with Gasteiger partial charge in [0.1, 0.15) is 23.7 Å². The highest BCUT2D eigenvalue weighted by Gasteiger charge is 2.26. The third-order valence-corrected chi connectivity index (χ3v) is 7.02. The van der Waals surface area contributed by atoms with E-state index in [0.717, 1.165) is 40.7 Å². The summed E-state index contributed by atoms with van der Waals surface area (Å²) in [5.74, 6) is -1.20. The van der Waals surface area contributed by atoms with Crippen LogP contribution in [-0.4, -0.2) is 22.3 Å². The number of carboxylic acid groups (broad SMARTS) is 1. The normalized spacial score (nSPS) is 15.5. The van der Waals surface area contributed by atoms with E-state index < -0.39 is 24.1 Å². The van der Waals surface area contributed by atoms with Crippen molar-refractivity contribution in [1.82, 2.24) is 5.16 Å². The molecule has 5 rings (SSSR count). The van der Waals surface area contributed by atoms with Gasteiger partial charge < -0.3 is 14.4 Å². The maximum atomic E-state index is 12.5. The molecular weight excluding hydrogens is 492 g/mol. The molecule has 37 heavy (non-hydrogen) atoms. The Kier molecular flexibility index (Phi) is 6.97. The molecule has 0 aliphatic heterocycles. The first-order valence-corrected chi connectivity index (χ1v) is 12.4. The molecule has 0 saturated carbocycles. The highest BCUT2D eigenvalue weighted by Crippen LogP contribution is 2.35. The van der Waals surface area contributed by atoms with E-state index in [-0.39, 0.29) is 0 Å². The van der Waals surface area contributed by atoms with Crippen LogP contribution in [0, 0.1) is 0 Å². The molecule has 1 aliphatic rings. The third-order valence-electron chi connectivity index (χ3n) is 6.68. The van der Waals surface area contributed by atoms with Crippen molar-refractivity contribution in [1.29, 1.82) is 0 Å². The Bertz CT molecular complexity index is 1450. The van der Waals surface area contributed by atoms with E-state index in [2.05, 4.69) is 16.5 Å². The molecular formula is C29H25ClN2O5. The van der Waals surface area contributed by atoms with Crippen molar-refractivity contribution in [3.05, 3.63) is 94.7 Å². The van der Waals surface area contributed by atoms with E-state index in [4.69, 9.17) is 20.9 Å². The molecule has 0 saturated heterocycles. The third kappa shape index (κ3) is 5.22. The predicted octanol–water partition coefficient (Wildman–Crippen LogP) is 7.48. The summed E-state index contributed by atoms with van der Waals surface area (Å²) in [5, 5.41) is 16.8. The average Bonchev–Trinajstić information content (AvgIpc) is 3.36. The number of aryl methyl sites for hydroxylation is 1. The molecule has 8 heteroatoms. The van der Waals surface area contributed by atoms with Gasteiger partial charge >= 0.3 is 12.1 Å². The van der Waals surface area contributed by atoms with Crippen molar-refractivity contribution in [3.63, 3.8) is 0 Å². The Hall–Kier alpha value is -4.10. The minimum absolute atomic E-state index is 0.387. The second-order valence-corrected chi connectivity index (χ2v) is 9.45. The van der Waals surface area contributed by atoms with Crippen LogP contribution < -0.4 is 5.32 Å². The van der Waals surface area contributed by atoms with Gasteiger partial charge in [0.25, 0.3) is 0 Å². The Balaban J connectivity index is 1.30. The van der Waals surface area contributed by atoms with Gasteiger partial charge in [0, 0.05) is 16.1 Å². The maximum Gasteiger partial charge on any atom is 0.412 e. The first-order chi connectivity index (χ1) is 17.9. The minimum atomic E-state index is -0.766. The van der Waals surface area contributed by atoms with Gasteiger partial charge in [-0.2, -0.15) is 0 Å². The van der Waals surface area contributed by atoms with Crippen LogP contribution in [0.2, 0.25) is 5.02 Å². The molecule has 2 N–H and O–H groups in total. The Morgan fingerprint density at radius 1 is 1.08 bits per heavy atom. The number of aliphatic carboxylic acids is 1. The Labute approximate surface area is 219 Å². The first-order valence-electron chi connectivity index (χ1n) is 12.0. The molecule has 2 unspecified atom stereocenters.